The lowest BCUT2D eigenvalue weighted by atomic mass is 10.1. The van der Waals surface area contributed by atoms with Crippen LogP contribution in [0.5, 0.6) is 0 Å². The first kappa shape index (κ1) is 13.9. The SMILES string of the molecule is CCC(C)N=C1Nc2cc(C)cc(C)c2S(=O)(=O)N1. The van der Waals surface area contributed by atoms with Gasteiger partial charge < -0.3 is 5.32 Å². The Kier molecular flexibility index (Phi) is 3.54. The van der Waals surface area contributed by atoms with Crippen molar-refractivity contribution in [1.29, 1.82) is 0 Å². The van der Waals surface area contributed by atoms with E-state index in [0.29, 0.717) is 16.5 Å². The van der Waals surface area contributed by atoms with E-state index in [9.17, 15) is 8.42 Å². The standard InChI is InChI=1S/C13H19N3O2S/c1-5-10(4)14-13-15-11-7-8(2)6-9(3)12(11)19(17,18)16-13/h6-7,10H,5H2,1-4H3,(H2,14,15,16). The first-order chi connectivity index (χ1) is 8.83. The predicted octanol–water partition coefficient (Wildman–Crippen LogP) is 2.16. The van der Waals surface area contributed by atoms with E-state index in [1.807, 2.05) is 32.9 Å². The van der Waals surface area contributed by atoms with Crippen molar-refractivity contribution in [2.24, 2.45) is 4.99 Å². The molecule has 0 aromatic heterocycles. The molecule has 2 rings (SSSR count). The number of sulfonamides is 1. The summed E-state index contributed by atoms with van der Waals surface area (Å²) in [4.78, 5) is 4.63. The number of aryl methyl sites for hydroxylation is 2. The lowest BCUT2D eigenvalue weighted by molar-refractivity contribution is 0.590. The van der Waals surface area contributed by atoms with Crippen LogP contribution in [0.2, 0.25) is 0 Å². The van der Waals surface area contributed by atoms with Crippen LogP contribution in [-0.4, -0.2) is 20.4 Å². The number of nitrogens with one attached hydrogen (secondary N) is 2. The smallest absolute Gasteiger partial charge is 0.266 e. The maximum absolute atomic E-state index is 12.3. The number of guanidine groups is 1. The number of benzene rings is 1. The van der Waals surface area contributed by atoms with Gasteiger partial charge in [-0.2, -0.15) is 0 Å². The molecule has 104 valence electrons. The molecular weight excluding hydrogens is 262 g/mol. The highest BCUT2D eigenvalue weighted by Gasteiger charge is 2.28. The van der Waals surface area contributed by atoms with E-state index in [-0.39, 0.29) is 6.04 Å². The van der Waals surface area contributed by atoms with Gasteiger partial charge in [0.15, 0.2) is 0 Å². The molecule has 0 saturated heterocycles. The van der Waals surface area contributed by atoms with Gasteiger partial charge >= 0.3 is 0 Å². The Balaban J connectivity index is 2.54. The highest BCUT2D eigenvalue weighted by molar-refractivity contribution is 7.90. The maximum atomic E-state index is 12.3. The van der Waals surface area contributed by atoms with E-state index in [0.717, 1.165) is 17.5 Å². The Labute approximate surface area is 114 Å². The van der Waals surface area contributed by atoms with Crippen LogP contribution in [0.1, 0.15) is 31.4 Å². The minimum atomic E-state index is -3.54. The number of fused-ring (bicyclic) bond motifs is 1. The molecule has 1 aromatic carbocycles. The molecule has 1 aromatic rings. The van der Waals surface area contributed by atoms with E-state index in [1.54, 1.807) is 6.92 Å². The summed E-state index contributed by atoms with van der Waals surface area (Å²) in [6, 6.07) is 3.75. The highest BCUT2D eigenvalue weighted by atomic mass is 32.2. The first-order valence-electron chi connectivity index (χ1n) is 6.32. The van der Waals surface area contributed by atoms with Crippen LogP contribution in [0.25, 0.3) is 0 Å². The Morgan fingerprint density at radius 3 is 2.63 bits per heavy atom. The van der Waals surface area contributed by atoms with Gasteiger partial charge in [0.2, 0.25) is 5.96 Å². The molecule has 0 radical (unpaired) electrons. The summed E-state index contributed by atoms with van der Waals surface area (Å²) in [6.45, 7) is 7.69. The van der Waals surface area contributed by atoms with Gasteiger partial charge in [-0.1, -0.05) is 13.0 Å². The molecule has 2 N–H and O–H groups in total. The minimum absolute atomic E-state index is 0.0673. The number of anilines is 1. The molecule has 1 unspecified atom stereocenters. The van der Waals surface area contributed by atoms with E-state index in [1.165, 1.54) is 0 Å². The van der Waals surface area contributed by atoms with Crippen LogP contribution in [0.15, 0.2) is 22.0 Å². The van der Waals surface area contributed by atoms with E-state index < -0.39 is 10.0 Å². The van der Waals surface area contributed by atoms with Crippen LogP contribution >= 0.6 is 0 Å². The number of nitrogens with zero attached hydrogens (tertiary/aromatic N) is 1. The number of aliphatic imine (C=N–C) groups is 1. The van der Waals surface area contributed by atoms with E-state index in [2.05, 4.69) is 15.0 Å². The largest absolute Gasteiger partial charge is 0.324 e. The Hall–Kier alpha value is -1.56. The van der Waals surface area contributed by atoms with Gasteiger partial charge in [-0.3, -0.25) is 0 Å². The van der Waals surface area contributed by atoms with Gasteiger partial charge in [0.25, 0.3) is 10.0 Å². The molecule has 19 heavy (non-hydrogen) atoms. The van der Waals surface area contributed by atoms with Crippen molar-refractivity contribution < 1.29 is 8.42 Å². The van der Waals surface area contributed by atoms with Crippen molar-refractivity contribution in [3.63, 3.8) is 0 Å². The van der Waals surface area contributed by atoms with Crippen molar-refractivity contribution in [3.05, 3.63) is 23.3 Å². The monoisotopic (exact) mass is 281 g/mol. The van der Waals surface area contributed by atoms with Crippen LogP contribution in [0, 0.1) is 13.8 Å². The Morgan fingerprint density at radius 1 is 1.32 bits per heavy atom. The third kappa shape index (κ3) is 2.73. The number of hydrogen-bond acceptors (Lipinski definition) is 3. The van der Waals surface area contributed by atoms with Crippen LogP contribution < -0.4 is 10.0 Å². The van der Waals surface area contributed by atoms with Gasteiger partial charge in [-0.15, -0.1) is 0 Å². The second-order valence-electron chi connectivity index (χ2n) is 4.92. The fourth-order valence-electron chi connectivity index (χ4n) is 2.11. The summed E-state index contributed by atoms with van der Waals surface area (Å²) in [5.41, 5.74) is 2.35. The first-order valence-corrected chi connectivity index (χ1v) is 7.80. The van der Waals surface area contributed by atoms with Gasteiger partial charge in [0.1, 0.15) is 4.90 Å². The maximum Gasteiger partial charge on any atom is 0.266 e. The van der Waals surface area contributed by atoms with Gasteiger partial charge in [-0.05, 0) is 44.4 Å². The lowest BCUT2D eigenvalue weighted by Crippen LogP contribution is -2.41. The van der Waals surface area contributed by atoms with Crippen LogP contribution in [-0.2, 0) is 10.0 Å². The Bertz CT molecular complexity index is 636. The summed E-state index contributed by atoms with van der Waals surface area (Å²) in [7, 11) is -3.54. The Morgan fingerprint density at radius 2 is 2.00 bits per heavy atom. The summed E-state index contributed by atoms with van der Waals surface area (Å²) in [5, 5.41) is 3.06. The number of hydrogen-bond donors (Lipinski definition) is 2. The highest BCUT2D eigenvalue weighted by Crippen LogP contribution is 2.29. The molecule has 1 aliphatic rings. The average Bonchev–Trinajstić information content (AvgIpc) is 2.25. The lowest BCUT2D eigenvalue weighted by Gasteiger charge is -2.24. The summed E-state index contributed by atoms with van der Waals surface area (Å²) in [6.07, 6.45) is 0.854. The topological polar surface area (TPSA) is 70.6 Å². The molecule has 1 aliphatic heterocycles. The quantitative estimate of drug-likeness (QED) is 0.872. The summed E-state index contributed by atoms with van der Waals surface area (Å²) < 4.78 is 27.0. The third-order valence-corrected chi connectivity index (χ3v) is 4.65. The molecular formula is C13H19N3O2S. The molecule has 0 fully saturated rings. The molecule has 0 bridgehead atoms. The average molecular weight is 281 g/mol. The van der Waals surface area contributed by atoms with Gasteiger partial charge in [-0.25, -0.2) is 18.1 Å². The molecule has 0 aliphatic carbocycles. The van der Waals surface area contributed by atoms with Gasteiger partial charge in [0.05, 0.1) is 11.7 Å². The second-order valence-corrected chi connectivity index (χ2v) is 6.54. The number of rotatable bonds is 2. The minimum Gasteiger partial charge on any atom is -0.324 e. The zero-order valence-corrected chi connectivity index (χ0v) is 12.4. The van der Waals surface area contributed by atoms with E-state index in [4.69, 9.17) is 0 Å². The fraction of sp³-hybridized carbons (Fsp3) is 0.462. The van der Waals surface area contributed by atoms with Crippen LogP contribution in [0.3, 0.4) is 0 Å². The third-order valence-electron chi connectivity index (χ3n) is 3.11. The molecule has 0 spiro atoms. The zero-order chi connectivity index (χ0) is 14.2. The molecule has 0 saturated carbocycles. The second kappa shape index (κ2) is 4.85. The van der Waals surface area contributed by atoms with Crippen molar-refractivity contribution in [3.8, 4) is 0 Å². The molecule has 1 atom stereocenters. The summed E-state index contributed by atoms with van der Waals surface area (Å²) >= 11 is 0. The van der Waals surface area contributed by atoms with Gasteiger partial charge in [0, 0.05) is 0 Å². The molecule has 5 nitrogen and oxygen atoms in total. The molecule has 1 heterocycles. The fourth-order valence-corrected chi connectivity index (χ4v) is 3.45. The molecule has 0 amide bonds. The van der Waals surface area contributed by atoms with Crippen molar-refractivity contribution >= 4 is 21.7 Å². The zero-order valence-electron chi connectivity index (χ0n) is 11.6. The van der Waals surface area contributed by atoms with E-state index >= 15 is 0 Å². The van der Waals surface area contributed by atoms with Crippen molar-refractivity contribution in [1.82, 2.24) is 4.72 Å². The summed E-state index contributed by atoms with van der Waals surface area (Å²) in [5.74, 6) is 0.298. The van der Waals surface area contributed by atoms with Crippen molar-refractivity contribution in [2.75, 3.05) is 5.32 Å². The molecule has 6 heteroatoms. The van der Waals surface area contributed by atoms with Crippen LogP contribution in [0.4, 0.5) is 5.69 Å². The predicted molar refractivity (Wildman–Crippen MR) is 77.0 cm³/mol. The van der Waals surface area contributed by atoms with Crippen molar-refractivity contribution in [2.45, 2.75) is 45.1 Å². The normalized spacial score (nSPS) is 20.3.